The van der Waals surface area contributed by atoms with Crippen LogP contribution in [-0.2, 0) is 11.3 Å². The van der Waals surface area contributed by atoms with Crippen LogP contribution in [0.25, 0.3) is 0 Å². The van der Waals surface area contributed by atoms with E-state index in [4.69, 9.17) is 0 Å². The predicted molar refractivity (Wildman–Crippen MR) is 87.2 cm³/mol. The molecular formula is C17H20FN5O. The first-order valence-corrected chi connectivity index (χ1v) is 8.36. The quantitative estimate of drug-likeness (QED) is 0.856. The van der Waals surface area contributed by atoms with Gasteiger partial charge in [-0.15, -0.1) is 0 Å². The molecule has 0 atom stereocenters. The molecule has 1 aliphatic carbocycles. The number of carbonyl (C=O) groups is 1. The Morgan fingerprint density at radius 2 is 1.96 bits per heavy atom. The normalized spacial score (nSPS) is 18.0. The molecule has 0 radical (unpaired) electrons. The zero-order valence-corrected chi connectivity index (χ0v) is 13.4. The van der Waals surface area contributed by atoms with E-state index in [1.165, 1.54) is 30.7 Å². The molecule has 2 aliphatic rings. The molecule has 7 heteroatoms. The molecule has 0 aromatic carbocycles. The average molecular weight is 329 g/mol. The van der Waals surface area contributed by atoms with E-state index < -0.39 is 0 Å². The fraction of sp³-hybridized carbons (Fsp3) is 0.471. The van der Waals surface area contributed by atoms with Gasteiger partial charge in [0.1, 0.15) is 18.2 Å². The lowest BCUT2D eigenvalue weighted by atomic mass is 10.2. The predicted octanol–water partition coefficient (Wildman–Crippen LogP) is 1.64. The molecule has 0 unspecified atom stereocenters. The minimum Gasteiger partial charge on any atom is -0.353 e. The van der Waals surface area contributed by atoms with Gasteiger partial charge in [0.15, 0.2) is 0 Å². The second kappa shape index (κ2) is 6.22. The highest BCUT2D eigenvalue weighted by molar-refractivity contribution is 5.76. The van der Waals surface area contributed by atoms with Crippen LogP contribution in [0.15, 0.2) is 30.7 Å². The largest absolute Gasteiger partial charge is 0.353 e. The van der Waals surface area contributed by atoms with E-state index in [0.717, 1.165) is 5.82 Å². The van der Waals surface area contributed by atoms with Crippen molar-refractivity contribution in [3.63, 3.8) is 0 Å². The molecular weight excluding hydrogens is 309 g/mol. The van der Waals surface area contributed by atoms with Gasteiger partial charge in [-0.3, -0.25) is 9.48 Å². The Balaban J connectivity index is 1.31. The zero-order valence-electron chi connectivity index (χ0n) is 13.4. The van der Waals surface area contributed by atoms with Crippen molar-refractivity contribution in [3.05, 3.63) is 42.1 Å². The van der Waals surface area contributed by atoms with Crippen molar-refractivity contribution in [2.24, 2.45) is 0 Å². The lowest BCUT2D eigenvalue weighted by molar-refractivity contribution is -0.132. The molecule has 0 N–H and O–H groups in total. The van der Waals surface area contributed by atoms with Gasteiger partial charge in [-0.25, -0.2) is 9.37 Å². The molecule has 1 aliphatic heterocycles. The van der Waals surface area contributed by atoms with Gasteiger partial charge in [0.25, 0.3) is 0 Å². The average Bonchev–Trinajstić information content (AvgIpc) is 3.36. The van der Waals surface area contributed by atoms with Crippen LogP contribution in [0.5, 0.6) is 0 Å². The monoisotopic (exact) mass is 329 g/mol. The van der Waals surface area contributed by atoms with Crippen LogP contribution in [0.3, 0.4) is 0 Å². The van der Waals surface area contributed by atoms with E-state index in [9.17, 15) is 9.18 Å². The van der Waals surface area contributed by atoms with Crippen molar-refractivity contribution in [1.29, 1.82) is 0 Å². The third-order valence-electron chi connectivity index (χ3n) is 4.67. The first-order valence-electron chi connectivity index (χ1n) is 8.36. The Labute approximate surface area is 139 Å². The van der Waals surface area contributed by atoms with Crippen LogP contribution in [0.1, 0.15) is 24.3 Å². The molecule has 0 spiro atoms. The molecule has 2 fully saturated rings. The lowest BCUT2D eigenvalue weighted by Gasteiger charge is -2.35. The van der Waals surface area contributed by atoms with E-state index in [1.807, 2.05) is 17.3 Å². The number of hydrogen-bond donors (Lipinski definition) is 0. The first-order chi connectivity index (χ1) is 11.7. The van der Waals surface area contributed by atoms with Crippen molar-refractivity contribution in [2.45, 2.75) is 25.3 Å². The molecule has 6 nitrogen and oxygen atoms in total. The molecule has 0 bridgehead atoms. The Hall–Kier alpha value is -2.44. The van der Waals surface area contributed by atoms with Gasteiger partial charge in [-0.05, 0) is 36.5 Å². The van der Waals surface area contributed by atoms with Gasteiger partial charge in [-0.2, -0.15) is 5.10 Å². The van der Waals surface area contributed by atoms with Gasteiger partial charge < -0.3 is 9.80 Å². The number of anilines is 1. The second-order valence-corrected chi connectivity index (χ2v) is 6.45. The molecule has 4 rings (SSSR count). The van der Waals surface area contributed by atoms with Crippen molar-refractivity contribution >= 4 is 11.7 Å². The topological polar surface area (TPSA) is 54.3 Å². The van der Waals surface area contributed by atoms with Crippen LogP contribution in [-0.4, -0.2) is 51.8 Å². The minimum atomic E-state index is -0.336. The molecule has 2 aromatic heterocycles. The fourth-order valence-corrected chi connectivity index (χ4v) is 3.07. The summed E-state index contributed by atoms with van der Waals surface area (Å²) in [5, 5.41) is 4.30. The van der Waals surface area contributed by atoms with E-state index in [-0.39, 0.29) is 11.7 Å². The number of nitrogens with zero attached hydrogens (tertiary/aromatic N) is 5. The number of rotatable bonds is 4. The number of aromatic nitrogens is 3. The fourth-order valence-electron chi connectivity index (χ4n) is 3.07. The zero-order chi connectivity index (χ0) is 16.5. The van der Waals surface area contributed by atoms with Crippen LogP contribution >= 0.6 is 0 Å². The maximum Gasteiger partial charge on any atom is 0.244 e. The number of halogens is 1. The van der Waals surface area contributed by atoms with Gasteiger partial charge in [0.2, 0.25) is 5.91 Å². The Kier molecular flexibility index (Phi) is 3.92. The molecule has 1 amide bonds. The van der Waals surface area contributed by atoms with Crippen LogP contribution < -0.4 is 4.90 Å². The standard InChI is InChI=1S/C17H20FN5O/c18-15-3-4-16(19-10-15)21-5-7-22(8-6-21)17(24)12-23-11-14(9-20-23)13-1-2-13/h3-4,9-11,13H,1-2,5-8,12H2. The Morgan fingerprint density at radius 1 is 1.17 bits per heavy atom. The van der Waals surface area contributed by atoms with Gasteiger partial charge >= 0.3 is 0 Å². The SMILES string of the molecule is O=C(Cn1cc(C2CC2)cn1)N1CCN(c2ccc(F)cn2)CC1. The van der Waals surface area contributed by atoms with E-state index in [2.05, 4.69) is 15.0 Å². The van der Waals surface area contributed by atoms with Crippen LogP contribution in [0, 0.1) is 5.82 Å². The van der Waals surface area contributed by atoms with Crippen molar-refractivity contribution in [2.75, 3.05) is 31.1 Å². The number of pyridine rings is 1. The maximum atomic E-state index is 12.9. The summed E-state index contributed by atoms with van der Waals surface area (Å²) in [6, 6.07) is 3.09. The number of hydrogen-bond acceptors (Lipinski definition) is 4. The molecule has 1 saturated carbocycles. The van der Waals surface area contributed by atoms with Crippen molar-refractivity contribution < 1.29 is 9.18 Å². The highest BCUT2D eigenvalue weighted by Gasteiger charge is 2.26. The number of piperazine rings is 1. The third kappa shape index (κ3) is 3.25. The summed E-state index contributed by atoms with van der Waals surface area (Å²) in [5.41, 5.74) is 1.25. The van der Waals surface area contributed by atoms with E-state index in [0.29, 0.717) is 38.6 Å². The Morgan fingerprint density at radius 3 is 2.62 bits per heavy atom. The van der Waals surface area contributed by atoms with Crippen molar-refractivity contribution in [3.8, 4) is 0 Å². The minimum absolute atomic E-state index is 0.0900. The summed E-state index contributed by atoms with van der Waals surface area (Å²) in [4.78, 5) is 20.5. The van der Waals surface area contributed by atoms with Crippen molar-refractivity contribution in [1.82, 2.24) is 19.7 Å². The summed E-state index contributed by atoms with van der Waals surface area (Å²) in [7, 11) is 0. The summed E-state index contributed by atoms with van der Waals surface area (Å²) in [6.45, 7) is 3.00. The van der Waals surface area contributed by atoms with E-state index >= 15 is 0 Å². The highest BCUT2D eigenvalue weighted by Crippen LogP contribution is 2.39. The molecule has 3 heterocycles. The van der Waals surface area contributed by atoms with Gasteiger partial charge in [-0.1, -0.05) is 0 Å². The molecule has 24 heavy (non-hydrogen) atoms. The maximum absolute atomic E-state index is 12.9. The van der Waals surface area contributed by atoms with Crippen LogP contribution in [0.4, 0.5) is 10.2 Å². The molecule has 1 saturated heterocycles. The lowest BCUT2D eigenvalue weighted by Crippen LogP contribution is -2.49. The number of amides is 1. The van der Waals surface area contributed by atoms with E-state index in [1.54, 1.807) is 10.7 Å². The third-order valence-corrected chi connectivity index (χ3v) is 4.67. The summed E-state index contributed by atoms with van der Waals surface area (Å²) >= 11 is 0. The van der Waals surface area contributed by atoms with Gasteiger partial charge in [0.05, 0.1) is 12.4 Å². The molecule has 126 valence electrons. The molecule has 2 aromatic rings. The summed E-state index contributed by atoms with van der Waals surface area (Å²) in [5.74, 6) is 1.16. The number of carbonyl (C=O) groups excluding carboxylic acids is 1. The van der Waals surface area contributed by atoms with Crippen LogP contribution in [0.2, 0.25) is 0 Å². The Bertz CT molecular complexity index is 717. The second-order valence-electron chi connectivity index (χ2n) is 6.45. The first kappa shape index (κ1) is 15.1. The summed E-state index contributed by atoms with van der Waals surface area (Å²) in [6.07, 6.45) is 7.57. The highest BCUT2D eigenvalue weighted by atomic mass is 19.1. The summed E-state index contributed by atoms with van der Waals surface area (Å²) < 4.78 is 14.7. The van der Waals surface area contributed by atoms with Gasteiger partial charge in [0, 0.05) is 32.4 Å². The smallest absolute Gasteiger partial charge is 0.244 e.